The van der Waals surface area contributed by atoms with Gasteiger partial charge in [-0.15, -0.1) is 0 Å². The molecule has 7 atom stereocenters. The molecule has 57 heavy (non-hydrogen) atoms. The van der Waals surface area contributed by atoms with Gasteiger partial charge in [-0.25, -0.2) is 18.2 Å². The molecule has 4 saturated heterocycles. The molecule has 20 heteroatoms. The fourth-order valence-corrected chi connectivity index (χ4v) is 10.4. The Morgan fingerprint density at radius 2 is 1.89 bits per heavy atom. The highest BCUT2D eigenvalue weighted by Crippen LogP contribution is 2.49. The molecular weight excluding hydrogens is 785 g/mol. The minimum Gasteiger partial charge on any atom is -0.472 e. The van der Waals surface area contributed by atoms with Crippen LogP contribution in [0.4, 0.5) is 37.8 Å². The second-order valence-corrected chi connectivity index (χ2v) is 17.6. The largest absolute Gasteiger partial charge is 0.472 e. The average Bonchev–Trinajstić information content (AvgIpc) is 3.76. The molecule has 3 aromatic rings. The van der Waals surface area contributed by atoms with Crippen molar-refractivity contribution >= 4 is 38.4 Å². The van der Waals surface area contributed by atoms with E-state index in [4.69, 9.17) is 24.4 Å². The van der Waals surface area contributed by atoms with Crippen LogP contribution in [0.3, 0.4) is 0 Å². The van der Waals surface area contributed by atoms with E-state index < -0.39 is 109 Å². The second kappa shape index (κ2) is 14.0. The number of ether oxygens (including phenoxy) is 2. The van der Waals surface area contributed by atoms with Crippen LogP contribution in [-0.4, -0.2) is 113 Å². The molecule has 0 spiro atoms. The predicted molar refractivity (Wildman–Crippen MR) is 195 cm³/mol. The maximum absolute atomic E-state index is 17.1. The molecule has 0 saturated carbocycles. The highest BCUT2D eigenvalue weighted by atomic mass is 32.2. The van der Waals surface area contributed by atoms with Gasteiger partial charge >= 0.3 is 12.2 Å². The summed E-state index contributed by atoms with van der Waals surface area (Å²) in [6.07, 6.45) is -5.65. The molecule has 1 aromatic carbocycles. The van der Waals surface area contributed by atoms with Crippen LogP contribution in [0.2, 0.25) is 0 Å². The minimum absolute atomic E-state index is 0.0420. The van der Waals surface area contributed by atoms with Crippen molar-refractivity contribution in [1.82, 2.24) is 24.8 Å². The van der Waals surface area contributed by atoms with Gasteiger partial charge in [0.25, 0.3) is 16.0 Å². The van der Waals surface area contributed by atoms with E-state index in [1.54, 1.807) is 18.7 Å². The Kier molecular flexibility index (Phi) is 9.73. The molecule has 2 aromatic heterocycles. The lowest BCUT2D eigenvalue weighted by molar-refractivity contribution is -0.143. The number of aromatic nitrogens is 3. The summed E-state index contributed by atoms with van der Waals surface area (Å²) in [5.74, 6) is -3.68. The molecule has 8 rings (SSSR count). The molecule has 1 amide bonds. The Balaban J connectivity index is 1.28. The number of carbonyl (C=O) groups is 1. The topological polar surface area (TPSA) is 153 Å². The van der Waals surface area contributed by atoms with E-state index in [-0.39, 0.29) is 61.4 Å². The summed E-state index contributed by atoms with van der Waals surface area (Å²) in [7, 11) is -3.99. The number of rotatable bonds is 9. The van der Waals surface area contributed by atoms with E-state index in [0.29, 0.717) is 31.9 Å². The van der Waals surface area contributed by atoms with Gasteiger partial charge in [-0.1, -0.05) is 6.92 Å². The highest BCUT2D eigenvalue weighted by molar-refractivity contribution is 7.86. The molecule has 0 aliphatic carbocycles. The quantitative estimate of drug-likeness (QED) is 0.169. The van der Waals surface area contributed by atoms with Crippen molar-refractivity contribution in [3.63, 3.8) is 0 Å². The van der Waals surface area contributed by atoms with Gasteiger partial charge in [-0.3, -0.25) is 13.9 Å². The molecule has 2 N–H and O–H groups in total. The smallest absolute Gasteiger partial charge is 0.417 e. The van der Waals surface area contributed by atoms with Gasteiger partial charge < -0.3 is 25.0 Å². The van der Waals surface area contributed by atoms with Crippen molar-refractivity contribution in [3.05, 3.63) is 28.8 Å². The number of anilines is 2. The summed E-state index contributed by atoms with van der Waals surface area (Å²) in [4.78, 5) is 33.0. The number of nitrogens with two attached hydrogens (primary N) is 1. The van der Waals surface area contributed by atoms with Crippen LogP contribution in [0.15, 0.2) is 6.07 Å². The van der Waals surface area contributed by atoms with E-state index in [2.05, 4.69) is 9.97 Å². The van der Waals surface area contributed by atoms with Crippen LogP contribution in [0.25, 0.3) is 22.2 Å². The number of hydrogen-bond acceptors (Lipinski definition) is 12. The van der Waals surface area contributed by atoms with Gasteiger partial charge in [0.2, 0.25) is 5.88 Å². The zero-order valence-corrected chi connectivity index (χ0v) is 32.5. The number of nitrogen functional groups attached to an aromatic ring is 1. The molecule has 5 aliphatic heterocycles. The number of pyridine rings is 1. The van der Waals surface area contributed by atoms with E-state index in [1.807, 2.05) is 9.80 Å². The van der Waals surface area contributed by atoms with Crippen molar-refractivity contribution in [2.75, 3.05) is 42.6 Å². The van der Waals surface area contributed by atoms with Crippen LogP contribution in [-0.2, 0) is 25.3 Å². The monoisotopic (exact) mass is 827 g/mol. The van der Waals surface area contributed by atoms with E-state index in [0.717, 1.165) is 13.3 Å². The van der Waals surface area contributed by atoms with Crippen LogP contribution < -0.4 is 20.1 Å². The van der Waals surface area contributed by atoms with Crippen LogP contribution >= 0.6 is 0 Å². The number of carbonyl (C=O) groups excluding carboxylic acids is 1. The molecule has 7 heterocycles. The van der Waals surface area contributed by atoms with Crippen LogP contribution in [0, 0.1) is 18.6 Å². The number of fused-ring (bicyclic) bond motifs is 6. The van der Waals surface area contributed by atoms with Gasteiger partial charge in [0.1, 0.15) is 47.1 Å². The van der Waals surface area contributed by atoms with Crippen LogP contribution in [0.1, 0.15) is 70.4 Å². The third-order valence-electron chi connectivity index (χ3n) is 12.3. The standard InChI is InChI=1S/C37H43F6N7O6S/c1-5-24(56-57(52,53)6-2)34(51)50-20-8-9-23(50)31-18(4)55-33-25-30(28(40)29(45-33)21-12-22(44)27(39)17(3)26(21)37(41,42)43)46-35(47-32(25)49(31)15-20)54-16-36-10-7-11-48(36)14-19(38)13-36/h12,18-20,23-24,31H,5-11,13-16,44H2,1-4H3/t18-,19+,20+,23-,24+,31+,36-/m0/s1. The molecule has 0 radical (unpaired) electrons. The summed E-state index contributed by atoms with van der Waals surface area (Å²) in [6.45, 7) is 6.59. The number of halogens is 6. The lowest BCUT2D eigenvalue weighted by Crippen LogP contribution is -2.66. The summed E-state index contributed by atoms with van der Waals surface area (Å²) in [5.41, 5.74) is -0.0142. The number of benzene rings is 1. The van der Waals surface area contributed by atoms with Crippen molar-refractivity contribution in [2.24, 2.45) is 0 Å². The maximum Gasteiger partial charge on any atom is 0.417 e. The number of hydrogen-bond donors (Lipinski definition) is 1. The van der Waals surface area contributed by atoms with Crippen molar-refractivity contribution in [1.29, 1.82) is 0 Å². The van der Waals surface area contributed by atoms with Crippen molar-refractivity contribution < 1.29 is 53.2 Å². The summed E-state index contributed by atoms with van der Waals surface area (Å²) >= 11 is 0. The minimum atomic E-state index is -5.15. The number of alkyl halides is 4. The molecule has 310 valence electrons. The third-order valence-corrected chi connectivity index (χ3v) is 13.5. The van der Waals surface area contributed by atoms with Gasteiger partial charge in [0, 0.05) is 31.1 Å². The molecule has 13 nitrogen and oxygen atoms in total. The summed E-state index contributed by atoms with van der Waals surface area (Å²) < 4.78 is 133. The first-order valence-electron chi connectivity index (χ1n) is 19.1. The van der Waals surface area contributed by atoms with E-state index in [1.165, 1.54) is 6.92 Å². The van der Waals surface area contributed by atoms with Crippen LogP contribution in [0.5, 0.6) is 11.9 Å². The molecule has 2 bridgehead atoms. The summed E-state index contributed by atoms with van der Waals surface area (Å²) in [6, 6.07) is -1.42. The SMILES string of the molecule is CC[C@@H](OS(=O)(=O)CC)C(=O)N1[C@@H]2CC[C@H]1[C@H]1[C@H](C)Oc3nc(-c4cc(N)c(F)c(C)c4C(F)(F)F)c(F)c4nc(OC[C@@]56CCCN5C[C@H](F)C6)nc(c34)N1C2. The Hall–Kier alpha value is -4.17. The number of piperazine rings is 1. The lowest BCUT2D eigenvalue weighted by atomic mass is 9.95. The van der Waals surface area contributed by atoms with Gasteiger partial charge in [0.15, 0.2) is 11.9 Å². The first-order valence-corrected chi connectivity index (χ1v) is 20.7. The first-order chi connectivity index (χ1) is 26.9. The van der Waals surface area contributed by atoms with E-state index >= 15 is 4.39 Å². The second-order valence-electron chi connectivity index (χ2n) is 15.7. The Labute approximate surface area is 325 Å². The maximum atomic E-state index is 17.1. The Morgan fingerprint density at radius 1 is 1.14 bits per heavy atom. The fourth-order valence-electron chi connectivity index (χ4n) is 9.72. The van der Waals surface area contributed by atoms with Gasteiger partial charge in [0.05, 0.1) is 34.6 Å². The fraction of sp³-hybridized carbons (Fsp3) is 0.622. The highest BCUT2D eigenvalue weighted by Gasteiger charge is 2.55. The summed E-state index contributed by atoms with van der Waals surface area (Å²) in [5, 5.41) is -0.0633. The van der Waals surface area contributed by atoms with Crippen molar-refractivity contribution in [2.45, 2.75) is 114 Å². The zero-order chi connectivity index (χ0) is 40.9. The lowest BCUT2D eigenvalue weighted by Gasteiger charge is -2.48. The van der Waals surface area contributed by atoms with Gasteiger partial charge in [-0.05, 0) is 71.0 Å². The normalized spacial score (nSPS) is 27.6. The van der Waals surface area contributed by atoms with E-state index in [9.17, 15) is 35.2 Å². The Bertz CT molecular complexity index is 2250. The number of nitrogens with zero attached hydrogens (tertiary/aromatic N) is 6. The predicted octanol–water partition coefficient (Wildman–Crippen LogP) is 5.31. The molecule has 4 fully saturated rings. The third kappa shape index (κ3) is 6.49. The molecule has 5 aliphatic rings. The first kappa shape index (κ1) is 39.6. The Morgan fingerprint density at radius 3 is 2.60 bits per heavy atom. The molecule has 0 unspecified atom stereocenters. The van der Waals surface area contributed by atoms with Crippen molar-refractivity contribution in [3.8, 4) is 23.1 Å². The molecular formula is C37H43F6N7O6S. The average molecular weight is 828 g/mol. The zero-order valence-electron chi connectivity index (χ0n) is 31.7. The number of amides is 1. The van der Waals surface area contributed by atoms with Gasteiger partial charge in [-0.2, -0.15) is 31.6 Å².